The Hall–Kier alpha value is -2.66. The largest absolute Gasteiger partial charge is 0.330 e. The lowest BCUT2D eigenvalue weighted by atomic mass is 10.0. The monoisotopic (exact) mass is 393 g/mol. The van der Waals surface area contributed by atoms with E-state index < -0.39 is 0 Å². The number of amides is 2. The lowest BCUT2D eigenvalue weighted by molar-refractivity contribution is -0.118. The van der Waals surface area contributed by atoms with Gasteiger partial charge in [0.05, 0.1) is 6.42 Å². The Morgan fingerprint density at radius 3 is 2.52 bits per heavy atom. The van der Waals surface area contributed by atoms with Gasteiger partial charge in [0.15, 0.2) is 0 Å². The number of benzene rings is 2. The fraction of sp³-hybridized carbons (Fsp3) is 0.417. The second kappa shape index (κ2) is 10.8. The molecule has 2 amide bonds. The van der Waals surface area contributed by atoms with E-state index in [1.807, 2.05) is 47.4 Å². The molecule has 0 saturated carbocycles. The fourth-order valence-corrected chi connectivity index (χ4v) is 3.78. The second-order valence-corrected chi connectivity index (χ2v) is 7.65. The first-order valence-electron chi connectivity index (χ1n) is 10.6. The molecule has 154 valence electrons. The van der Waals surface area contributed by atoms with Gasteiger partial charge in [0.2, 0.25) is 11.8 Å². The molecule has 3 N–H and O–H groups in total. The molecule has 1 aliphatic heterocycles. The zero-order valence-electron chi connectivity index (χ0n) is 17.0. The molecule has 0 spiro atoms. The van der Waals surface area contributed by atoms with Crippen LogP contribution in [-0.4, -0.2) is 24.9 Å². The third kappa shape index (κ3) is 6.16. The Morgan fingerprint density at radius 1 is 0.966 bits per heavy atom. The van der Waals surface area contributed by atoms with Crippen molar-refractivity contribution in [1.82, 2.24) is 0 Å². The van der Waals surface area contributed by atoms with Crippen molar-refractivity contribution >= 4 is 23.2 Å². The van der Waals surface area contributed by atoms with E-state index in [4.69, 9.17) is 5.73 Å². The first kappa shape index (κ1) is 21.1. The summed E-state index contributed by atoms with van der Waals surface area (Å²) in [7, 11) is 0. The van der Waals surface area contributed by atoms with Gasteiger partial charge in [-0.25, -0.2) is 0 Å². The highest BCUT2D eigenvalue weighted by Gasteiger charge is 2.22. The van der Waals surface area contributed by atoms with Crippen molar-refractivity contribution in [1.29, 1.82) is 0 Å². The quantitative estimate of drug-likeness (QED) is 0.631. The van der Waals surface area contributed by atoms with Crippen molar-refractivity contribution < 1.29 is 9.59 Å². The third-order valence-corrected chi connectivity index (χ3v) is 5.36. The highest BCUT2D eigenvalue weighted by molar-refractivity contribution is 5.96. The topological polar surface area (TPSA) is 75.4 Å². The number of carbonyl (C=O) groups excluding carboxylic acids is 2. The number of hydrogen-bond donors (Lipinski definition) is 2. The molecular weight excluding hydrogens is 362 g/mol. The average Bonchev–Trinajstić information content (AvgIpc) is 2.74. The standard InChI is InChI=1S/C24H31N3O2/c25-16-6-2-1-3-11-23(28)26-21-14-12-19(13-15-21)18-24(29)27-17-7-9-20-8-4-5-10-22(20)27/h4-5,8,10,12-15H,1-3,6-7,9,11,16-18,25H2,(H,26,28). The number of nitrogens with two attached hydrogens (primary N) is 1. The van der Waals surface area contributed by atoms with Gasteiger partial charge < -0.3 is 16.0 Å². The number of nitrogens with zero attached hydrogens (tertiary/aromatic N) is 1. The smallest absolute Gasteiger partial charge is 0.231 e. The molecule has 0 fully saturated rings. The number of rotatable bonds is 9. The van der Waals surface area contributed by atoms with E-state index in [2.05, 4.69) is 11.4 Å². The molecule has 0 aliphatic carbocycles. The summed E-state index contributed by atoms with van der Waals surface area (Å²) >= 11 is 0. The molecule has 1 heterocycles. The summed E-state index contributed by atoms with van der Waals surface area (Å²) in [4.78, 5) is 26.8. The van der Waals surface area contributed by atoms with E-state index in [0.29, 0.717) is 19.4 Å². The molecular formula is C24H31N3O2. The number of aryl methyl sites for hydroxylation is 1. The molecule has 0 bridgehead atoms. The van der Waals surface area contributed by atoms with Gasteiger partial charge in [0.25, 0.3) is 0 Å². The van der Waals surface area contributed by atoms with Crippen LogP contribution in [0.4, 0.5) is 11.4 Å². The van der Waals surface area contributed by atoms with Gasteiger partial charge >= 0.3 is 0 Å². The molecule has 0 atom stereocenters. The summed E-state index contributed by atoms with van der Waals surface area (Å²) in [5, 5.41) is 2.93. The van der Waals surface area contributed by atoms with E-state index >= 15 is 0 Å². The molecule has 5 heteroatoms. The highest BCUT2D eigenvalue weighted by atomic mass is 16.2. The van der Waals surface area contributed by atoms with Crippen LogP contribution in [0.15, 0.2) is 48.5 Å². The van der Waals surface area contributed by atoms with Crippen LogP contribution in [-0.2, 0) is 22.4 Å². The molecule has 2 aromatic carbocycles. The van der Waals surface area contributed by atoms with Gasteiger partial charge in [-0.05, 0) is 61.6 Å². The van der Waals surface area contributed by atoms with Gasteiger partial charge in [0, 0.05) is 24.3 Å². The Labute approximate surface area is 173 Å². The number of para-hydroxylation sites is 1. The maximum atomic E-state index is 12.8. The molecule has 0 unspecified atom stereocenters. The summed E-state index contributed by atoms with van der Waals surface area (Å²) in [5.41, 5.74) is 9.49. The Kier molecular flexibility index (Phi) is 7.82. The van der Waals surface area contributed by atoms with Crippen LogP contribution in [0.5, 0.6) is 0 Å². The number of hydrogen-bond acceptors (Lipinski definition) is 3. The van der Waals surface area contributed by atoms with Crippen molar-refractivity contribution in [3.8, 4) is 0 Å². The van der Waals surface area contributed by atoms with Crippen molar-refractivity contribution in [3.63, 3.8) is 0 Å². The normalized spacial score (nSPS) is 13.1. The summed E-state index contributed by atoms with van der Waals surface area (Å²) in [6, 6.07) is 15.7. The Balaban J connectivity index is 1.49. The lowest BCUT2D eigenvalue weighted by Gasteiger charge is -2.29. The van der Waals surface area contributed by atoms with E-state index in [9.17, 15) is 9.59 Å². The molecule has 29 heavy (non-hydrogen) atoms. The predicted octanol–water partition coefficient (Wildman–Crippen LogP) is 4.06. The van der Waals surface area contributed by atoms with Crippen molar-refractivity contribution in [2.45, 2.75) is 51.4 Å². The van der Waals surface area contributed by atoms with Crippen LogP contribution in [0, 0.1) is 0 Å². The summed E-state index contributed by atoms with van der Waals surface area (Å²) in [6.45, 7) is 1.49. The number of unbranched alkanes of at least 4 members (excludes halogenated alkanes) is 3. The van der Waals surface area contributed by atoms with Gasteiger partial charge in [-0.3, -0.25) is 9.59 Å². The van der Waals surface area contributed by atoms with E-state index in [1.54, 1.807) is 0 Å². The van der Waals surface area contributed by atoms with Crippen molar-refractivity contribution in [3.05, 3.63) is 59.7 Å². The third-order valence-electron chi connectivity index (χ3n) is 5.36. The molecule has 2 aromatic rings. The average molecular weight is 394 g/mol. The SMILES string of the molecule is NCCCCCCC(=O)Nc1ccc(CC(=O)N2CCCc3ccccc32)cc1. The number of anilines is 2. The maximum absolute atomic E-state index is 12.8. The van der Waals surface area contributed by atoms with E-state index in [-0.39, 0.29) is 11.8 Å². The van der Waals surface area contributed by atoms with Crippen LogP contribution in [0.3, 0.4) is 0 Å². The zero-order valence-corrected chi connectivity index (χ0v) is 17.0. The minimum absolute atomic E-state index is 0.0338. The van der Waals surface area contributed by atoms with Crippen molar-refractivity contribution in [2.75, 3.05) is 23.3 Å². The van der Waals surface area contributed by atoms with Crippen LogP contribution in [0.2, 0.25) is 0 Å². The second-order valence-electron chi connectivity index (χ2n) is 7.65. The maximum Gasteiger partial charge on any atom is 0.231 e. The van der Waals surface area contributed by atoms with Crippen molar-refractivity contribution in [2.24, 2.45) is 5.73 Å². The number of carbonyl (C=O) groups is 2. The molecule has 1 aliphatic rings. The van der Waals surface area contributed by atoms with E-state index in [1.165, 1.54) is 5.56 Å². The van der Waals surface area contributed by atoms with E-state index in [0.717, 1.165) is 62.0 Å². The Morgan fingerprint density at radius 2 is 1.72 bits per heavy atom. The van der Waals surface area contributed by atoms with Crippen LogP contribution >= 0.6 is 0 Å². The first-order valence-corrected chi connectivity index (χ1v) is 10.6. The minimum Gasteiger partial charge on any atom is -0.330 e. The van der Waals surface area contributed by atoms with Gasteiger partial charge in [-0.1, -0.05) is 43.2 Å². The highest BCUT2D eigenvalue weighted by Crippen LogP contribution is 2.27. The molecule has 0 radical (unpaired) electrons. The van der Waals surface area contributed by atoms with Crippen LogP contribution < -0.4 is 16.0 Å². The van der Waals surface area contributed by atoms with Crippen LogP contribution in [0.1, 0.15) is 49.7 Å². The molecule has 0 saturated heterocycles. The first-order chi connectivity index (χ1) is 14.2. The molecule has 0 aromatic heterocycles. The predicted molar refractivity (Wildman–Crippen MR) is 118 cm³/mol. The van der Waals surface area contributed by atoms with Gasteiger partial charge in [0.1, 0.15) is 0 Å². The van der Waals surface area contributed by atoms with Crippen LogP contribution in [0.25, 0.3) is 0 Å². The fourth-order valence-electron chi connectivity index (χ4n) is 3.78. The van der Waals surface area contributed by atoms with Gasteiger partial charge in [-0.2, -0.15) is 0 Å². The summed E-state index contributed by atoms with van der Waals surface area (Å²) in [5.74, 6) is 0.151. The molecule has 3 rings (SSSR count). The Bertz CT molecular complexity index is 817. The number of fused-ring (bicyclic) bond motifs is 1. The van der Waals surface area contributed by atoms with Gasteiger partial charge in [-0.15, -0.1) is 0 Å². The summed E-state index contributed by atoms with van der Waals surface area (Å²) < 4.78 is 0. The zero-order chi connectivity index (χ0) is 20.5. The number of nitrogens with one attached hydrogen (secondary N) is 1. The summed E-state index contributed by atoms with van der Waals surface area (Å²) in [6.07, 6.45) is 6.93. The minimum atomic E-state index is 0.0338. The molecule has 5 nitrogen and oxygen atoms in total. The lowest BCUT2D eigenvalue weighted by Crippen LogP contribution is -2.36.